The van der Waals surface area contributed by atoms with Crippen LogP contribution >= 0.6 is 11.6 Å². The van der Waals surface area contributed by atoms with E-state index in [0.29, 0.717) is 0 Å². The largest absolute Gasteiger partial charge is 0.538 e. The van der Waals surface area contributed by atoms with Crippen LogP contribution in [-0.2, 0) is 0 Å². The normalized spacial score (nSPS) is 10.3. The maximum absolute atomic E-state index is 10.1. The van der Waals surface area contributed by atoms with Crippen molar-refractivity contribution in [1.82, 2.24) is 0 Å². The third-order valence-corrected chi connectivity index (χ3v) is 1.58. The maximum atomic E-state index is 10.1. The average Bonchev–Trinajstić information content (AvgIpc) is 1.99. The van der Waals surface area contributed by atoms with Crippen LogP contribution in [0.1, 0.15) is 12.8 Å². The molecule has 0 rings (SSSR count). The van der Waals surface area contributed by atoms with Crippen molar-refractivity contribution in [2.24, 2.45) is 0 Å². The fourth-order valence-electron chi connectivity index (χ4n) is 0.464. The molecule has 7 nitrogen and oxygen atoms in total. The molecule has 0 saturated heterocycles. The Hall–Kier alpha value is -1.42. The minimum Gasteiger partial charge on any atom is -0.257 e. The lowest BCUT2D eigenvalue weighted by atomic mass is 10.3. The Morgan fingerprint density at radius 2 is 1.83 bits per heavy atom. The van der Waals surface area contributed by atoms with Gasteiger partial charge in [-0.05, 0) is 0 Å². The van der Waals surface area contributed by atoms with Crippen molar-refractivity contribution in [1.29, 1.82) is 5.26 Å². The summed E-state index contributed by atoms with van der Waals surface area (Å²) in [5.74, 6) is 0. The van der Waals surface area contributed by atoms with Crippen molar-refractivity contribution in [3.05, 3.63) is 20.2 Å². The van der Waals surface area contributed by atoms with Crippen molar-refractivity contribution >= 4 is 11.6 Å². The first-order valence-corrected chi connectivity index (χ1v) is 3.18. The fraction of sp³-hybridized carbons (Fsp3) is 0.750. The summed E-state index contributed by atoms with van der Waals surface area (Å²) >= 11 is 5.04. The molecule has 0 aliphatic heterocycles. The van der Waals surface area contributed by atoms with E-state index < -0.39 is 21.4 Å². The molecule has 0 radical (unpaired) electrons. The predicted molar refractivity (Wildman–Crippen MR) is 37.4 cm³/mol. The average molecular weight is 194 g/mol. The van der Waals surface area contributed by atoms with Crippen LogP contribution < -0.4 is 0 Å². The van der Waals surface area contributed by atoms with Gasteiger partial charge in [-0.2, -0.15) is 5.26 Å². The Bertz CT molecular complexity index is 233. The summed E-state index contributed by atoms with van der Waals surface area (Å²) in [6, 6.07) is 1.54. The van der Waals surface area contributed by atoms with Gasteiger partial charge in [-0.1, -0.05) is 0 Å². The molecule has 0 N–H and O–H groups in total. The first-order chi connectivity index (χ1) is 5.45. The highest BCUT2D eigenvalue weighted by molar-refractivity contribution is 6.21. The number of nitriles is 1. The van der Waals surface area contributed by atoms with Crippen LogP contribution in [0.15, 0.2) is 0 Å². The van der Waals surface area contributed by atoms with E-state index in [1.54, 1.807) is 0 Å². The smallest absolute Gasteiger partial charge is 0.257 e. The fourth-order valence-corrected chi connectivity index (χ4v) is 0.559. The molecule has 0 aromatic carbocycles. The Morgan fingerprint density at radius 1 is 1.42 bits per heavy atom. The van der Waals surface area contributed by atoms with Gasteiger partial charge in [0.15, 0.2) is 0 Å². The van der Waals surface area contributed by atoms with E-state index in [1.807, 2.05) is 0 Å². The van der Waals surface area contributed by atoms with E-state index in [1.165, 1.54) is 6.07 Å². The van der Waals surface area contributed by atoms with Crippen LogP contribution in [0.2, 0.25) is 0 Å². The van der Waals surface area contributed by atoms with Crippen LogP contribution in [0, 0.1) is 31.6 Å². The number of hydrogen-bond acceptors (Lipinski definition) is 5. The number of alkyl halides is 1. The zero-order chi connectivity index (χ0) is 9.78. The molecule has 0 saturated carbocycles. The molecule has 0 fully saturated rings. The van der Waals surface area contributed by atoms with Crippen LogP contribution in [0.4, 0.5) is 0 Å². The molecular formula is C4H4ClN3O4. The van der Waals surface area contributed by atoms with Crippen molar-refractivity contribution < 1.29 is 9.85 Å². The van der Waals surface area contributed by atoms with E-state index >= 15 is 0 Å². The zero-order valence-corrected chi connectivity index (χ0v) is 6.52. The van der Waals surface area contributed by atoms with Crippen molar-refractivity contribution in [3.8, 4) is 6.07 Å². The van der Waals surface area contributed by atoms with Crippen molar-refractivity contribution in [2.75, 3.05) is 0 Å². The van der Waals surface area contributed by atoms with E-state index in [-0.39, 0.29) is 6.42 Å². The number of halogens is 1. The quantitative estimate of drug-likeness (QED) is 0.215. The lowest BCUT2D eigenvalue weighted by Crippen LogP contribution is -2.40. The summed E-state index contributed by atoms with van der Waals surface area (Å²) in [5.41, 5.74) is 0. The minimum absolute atomic E-state index is 0.328. The first kappa shape index (κ1) is 10.6. The highest BCUT2D eigenvalue weighted by Crippen LogP contribution is 2.22. The molecule has 0 aliphatic rings. The van der Waals surface area contributed by atoms with Crippen LogP contribution in [0.5, 0.6) is 0 Å². The molecule has 12 heavy (non-hydrogen) atoms. The highest BCUT2D eigenvalue weighted by Gasteiger charge is 2.53. The zero-order valence-electron chi connectivity index (χ0n) is 5.77. The van der Waals surface area contributed by atoms with Gasteiger partial charge in [0.25, 0.3) is 0 Å². The summed E-state index contributed by atoms with van der Waals surface area (Å²) in [6.07, 6.45) is -0.934. The topological polar surface area (TPSA) is 110 Å². The third-order valence-electron chi connectivity index (χ3n) is 1.11. The van der Waals surface area contributed by atoms with E-state index in [0.717, 1.165) is 0 Å². The van der Waals surface area contributed by atoms with Gasteiger partial charge in [0.1, 0.15) is 16.3 Å². The summed E-state index contributed by atoms with van der Waals surface area (Å²) in [4.78, 5) is 17.7. The van der Waals surface area contributed by atoms with Gasteiger partial charge < -0.3 is 0 Å². The molecule has 0 unspecified atom stereocenters. The van der Waals surface area contributed by atoms with Crippen LogP contribution in [0.25, 0.3) is 0 Å². The van der Waals surface area contributed by atoms with Gasteiger partial charge in [0, 0.05) is 11.6 Å². The molecule has 0 aromatic rings. The van der Waals surface area contributed by atoms with Crippen LogP contribution in [-0.4, -0.2) is 15.0 Å². The van der Waals surface area contributed by atoms with Crippen molar-refractivity contribution in [2.45, 2.75) is 18.0 Å². The van der Waals surface area contributed by atoms with Gasteiger partial charge in [-0.25, -0.2) is 0 Å². The lowest BCUT2D eigenvalue weighted by Gasteiger charge is -2.06. The SMILES string of the molecule is N#CCCC(Cl)([N+](=O)[O-])[N+](=O)[O-]. The molecular weight excluding hydrogens is 190 g/mol. The predicted octanol–water partition coefficient (Wildman–Crippen LogP) is 0.736. The van der Waals surface area contributed by atoms with E-state index in [9.17, 15) is 20.2 Å². The maximum Gasteiger partial charge on any atom is 0.538 e. The van der Waals surface area contributed by atoms with Crippen LogP contribution in [0.3, 0.4) is 0 Å². The Kier molecular flexibility index (Phi) is 3.37. The Labute approximate surface area is 71.8 Å². The van der Waals surface area contributed by atoms with Gasteiger partial charge in [0.05, 0.1) is 12.5 Å². The summed E-state index contributed by atoms with van der Waals surface area (Å²) < 4.78 is 0. The molecule has 0 aromatic heterocycles. The first-order valence-electron chi connectivity index (χ1n) is 2.80. The summed E-state index contributed by atoms with van der Waals surface area (Å²) in [6.45, 7) is 0. The lowest BCUT2D eigenvalue weighted by molar-refractivity contribution is -0.766. The summed E-state index contributed by atoms with van der Waals surface area (Å²) in [7, 11) is 0. The Morgan fingerprint density at radius 3 is 2.08 bits per heavy atom. The number of rotatable bonds is 4. The van der Waals surface area contributed by atoms with E-state index in [4.69, 9.17) is 16.9 Å². The molecule has 66 valence electrons. The third kappa shape index (κ3) is 2.03. The second-order valence-corrected chi connectivity index (χ2v) is 2.50. The molecule has 0 amide bonds. The molecule has 8 heteroatoms. The molecule has 0 aliphatic carbocycles. The van der Waals surface area contributed by atoms with Crippen molar-refractivity contribution in [3.63, 3.8) is 0 Å². The molecule has 0 atom stereocenters. The Balaban J connectivity index is 4.54. The van der Waals surface area contributed by atoms with E-state index in [2.05, 4.69) is 0 Å². The standard InChI is InChI=1S/C4H4ClN3O4/c5-4(7(9)10,8(11)12)2-1-3-6/h1-2H2. The van der Waals surface area contributed by atoms with Gasteiger partial charge in [-0.15, -0.1) is 0 Å². The highest BCUT2D eigenvalue weighted by atomic mass is 35.5. The number of nitro groups is 2. The second kappa shape index (κ2) is 3.82. The molecule has 0 bridgehead atoms. The molecule has 0 heterocycles. The number of nitrogens with zero attached hydrogens (tertiary/aromatic N) is 3. The van der Waals surface area contributed by atoms with Gasteiger partial charge >= 0.3 is 5.12 Å². The van der Waals surface area contributed by atoms with Gasteiger partial charge in [-0.3, -0.25) is 20.2 Å². The minimum atomic E-state index is -2.75. The number of hydrogen-bond donors (Lipinski definition) is 0. The summed E-state index contributed by atoms with van der Waals surface area (Å²) in [5, 5.41) is 25.5. The monoisotopic (exact) mass is 193 g/mol. The molecule has 0 spiro atoms. The second-order valence-electron chi connectivity index (χ2n) is 1.89. The van der Waals surface area contributed by atoms with Gasteiger partial charge in [0.2, 0.25) is 0 Å².